The topological polar surface area (TPSA) is 16.4 Å². The summed E-state index contributed by atoms with van der Waals surface area (Å²) in [5, 5.41) is 4.69. The molecule has 9 aromatic carbocycles. The van der Waals surface area contributed by atoms with Crippen LogP contribution in [0.2, 0.25) is 0 Å². The number of nitrogens with zero attached hydrogens (tertiary/aromatic N) is 1. The monoisotopic (exact) mass is 729 g/mol. The Kier molecular flexibility index (Phi) is 7.55. The highest BCUT2D eigenvalue weighted by Crippen LogP contribution is 2.59. The minimum atomic E-state index is -0.320. The second kappa shape index (κ2) is 13.0. The second-order valence-corrected chi connectivity index (χ2v) is 15.6. The first-order valence-corrected chi connectivity index (χ1v) is 19.8. The second-order valence-electron chi connectivity index (χ2n) is 15.6. The molecule has 2 heteroatoms. The maximum absolute atomic E-state index is 7.36. The van der Waals surface area contributed by atoms with E-state index in [1.54, 1.807) is 0 Å². The molecule has 0 aliphatic heterocycles. The summed E-state index contributed by atoms with van der Waals surface area (Å²) in [5.41, 5.74) is 16.7. The van der Waals surface area contributed by atoms with E-state index < -0.39 is 0 Å². The van der Waals surface area contributed by atoms with Gasteiger partial charge in [-0.1, -0.05) is 184 Å². The predicted molar refractivity (Wildman–Crippen MR) is 240 cm³/mol. The van der Waals surface area contributed by atoms with Gasteiger partial charge < -0.3 is 9.32 Å². The van der Waals surface area contributed by atoms with Crippen molar-refractivity contribution >= 4 is 49.8 Å². The molecule has 0 spiro atoms. The van der Waals surface area contributed by atoms with Gasteiger partial charge in [0.2, 0.25) is 0 Å². The van der Waals surface area contributed by atoms with E-state index in [0.29, 0.717) is 0 Å². The summed E-state index contributed by atoms with van der Waals surface area (Å²) in [6, 6.07) is 72.4. The van der Waals surface area contributed by atoms with Gasteiger partial charge in [-0.3, -0.25) is 0 Å². The molecular weight excluding hydrogens is 691 g/mol. The first kappa shape index (κ1) is 33.2. The first-order chi connectivity index (χ1) is 28.1. The quantitative estimate of drug-likeness (QED) is 0.169. The van der Waals surface area contributed by atoms with E-state index in [0.717, 1.165) is 61.3 Å². The third-order valence-electron chi connectivity index (χ3n) is 12.0. The van der Waals surface area contributed by atoms with Crippen molar-refractivity contribution in [3.63, 3.8) is 0 Å². The van der Waals surface area contributed by atoms with Crippen molar-refractivity contribution in [3.05, 3.63) is 211 Å². The van der Waals surface area contributed by atoms with Crippen LogP contribution in [0.25, 0.3) is 77.2 Å². The minimum Gasteiger partial charge on any atom is -0.453 e. The summed E-state index contributed by atoms with van der Waals surface area (Å²) in [7, 11) is 0. The molecule has 2 nitrogen and oxygen atoms in total. The van der Waals surface area contributed by atoms with Gasteiger partial charge in [0, 0.05) is 33.0 Å². The molecule has 0 bridgehead atoms. The molecule has 0 fully saturated rings. The van der Waals surface area contributed by atoms with E-state index in [1.807, 2.05) is 0 Å². The summed E-state index contributed by atoms with van der Waals surface area (Å²) in [4.78, 5) is 2.48. The normalized spacial score (nSPS) is 12.9. The van der Waals surface area contributed by atoms with Crippen LogP contribution in [0.1, 0.15) is 25.0 Å². The van der Waals surface area contributed by atoms with Crippen molar-refractivity contribution in [2.75, 3.05) is 4.90 Å². The largest absolute Gasteiger partial charge is 0.453 e. The molecule has 0 atom stereocenters. The highest BCUT2D eigenvalue weighted by molar-refractivity contribution is 6.17. The zero-order valence-corrected chi connectivity index (χ0v) is 31.9. The lowest BCUT2D eigenvalue weighted by atomic mass is 9.80. The van der Waals surface area contributed by atoms with E-state index in [1.165, 1.54) is 44.2 Å². The molecular formula is C55H39NO. The van der Waals surface area contributed by atoms with Gasteiger partial charge in [0.1, 0.15) is 5.58 Å². The van der Waals surface area contributed by atoms with E-state index in [-0.39, 0.29) is 5.41 Å². The van der Waals surface area contributed by atoms with Crippen LogP contribution in [0.4, 0.5) is 17.1 Å². The van der Waals surface area contributed by atoms with Crippen molar-refractivity contribution in [2.45, 2.75) is 19.3 Å². The van der Waals surface area contributed by atoms with E-state index in [4.69, 9.17) is 4.42 Å². The summed E-state index contributed by atoms with van der Waals surface area (Å²) >= 11 is 0. The van der Waals surface area contributed by atoms with Gasteiger partial charge in [-0.15, -0.1) is 0 Å². The number of rotatable bonds is 6. The summed E-state index contributed by atoms with van der Waals surface area (Å²) in [6.45, 7) is 4.74. The Morgan fingerprint density at radius 1 is 0.404 bits per heavy atom. The lowest BCUT2D eigenvalue weighted by molar-refractivity contribution is 0.648. The van der Waals surface area contributed by atoms with Gasteiger partial charge in [0.05, 0.1) is 11.4 Å². The van der Waals surface area contributed by atoms with Gasteiger partial charge >= 0.3 is 0 Å². The Hall–Kier alpha value is -7.16. The molecule has 1 aliphatic rings. The molecule has 0 amide bonds. The minimum absolute atomic E-state index is 0.320. The fraction of sp³-hybridized carbons (Fsp3) is 0.0545. The van der Waals surface area contributed by atoms with Crippen molar-refractivity contribution < 1.29 is 4.42 Å². The van der Waals surface area contributed by atoms with Crippen LogP contribution >= 0.6 is 0 Å². The number of furan rings is 1. The number of hydrogen-bond acceptors (Lipinski definition) is 2. The number of fused-ring (bicyclic) bond motifs is 7. The zero-order chi connectivity index (χ0) is 38.1. The number of hydrogen-bond donors (Lipinski definition) is 0. The van der Waals surface area contributed by atoms with Crippen LogP contribution in [0.3, 0.4) is 0 Å². The molecule has 0 saturated heterocycles. The number of anilines is 3. The Labute approximate surface area is 332 Å². The molecule has 1 heterocycles. The summed E-state index contributed by atoms with van der Waals surface area (Å²) < 4.78 is 7.36. The van der Waals surface area contributed by atoms with Crippen LogP contribution in [0, 0.1) is 0 Å². The fourth-order valence-electron chi connectivity index (χ4n) is 9.41. The van der Waals surface area contributed by atoms with Gasteiger partial charge in [-0.25, -0.2) is 0 Å². The van der Waals surface area contributed by atoms with Crippen molar-refractivity contribution in [3.8, 4) is 44.5 Å². The maximum Gasteiger partial charge on any atom is 0.159 e. The third kappa shape index (κ3) is 5.18. The van der Waals surface area contributed by atoms with E-state index in [2.05, 4.69) is 219 Å². The average Bonchev–Trinajstić information content (AvgIpc) is 3.76. The Bertz CT molecular complexity index is 3130. The Morgan fingerprint density at radius 3 is 1.79 bits per heavy atom. The van der Waals surface area contributed by atoms with Gasteiger partial charge in [0.25, 0.3) is 0 Å². The van der Waals surface area contributed by atoms with Crippen LogP contribution < -0.4 is 4.90 Å². The average molecular weight is 730 g/mol. The predicted octanol–water partition coefficient (Wildman–Crippen LogP) is 15.5. The van der Waals surface area contributed by atoms with Gasteiger partial charge in [-0.05, 0) is 85.6 Å². The molecule has 0 N–H and O–H groups in total. The van der Waals surface area contributed by atoms with Crippen molar-refractivity contribution in [1.82, 2.24) is 0 Å². The Balaban J connectivity index is 1.27. The van der Waals surface area contributed by atoms with Crippen LogP contribution in [0.5, 0.6) is 0 Å². The smallest absolute Gasteiger partial charge is 0.159 e. The molecule has 0 saturated carbocycles. The van der Waals surface area contributed by atoms with Crippen molar-refractivity contribution in [2.24, 2.45) is 0 Å². The van der Waals surface area contributed by atoms with Crippen LogP contribution in [-0.2, 0) is 5.41 Å². The molecule has 0 unspecified atom stereocenters. The fourth-order valence-corrected chi connectivity index (χ4v) is 9.41. The first-order valence-electron chi connectivity index (χ1n) is 19.8. The van der Waals surface area contributed by atoms with Gasteiger partial charge in [0.15, 0.2) is 5.58 Å². The van der Waals surface area contributed by atoms with E-state index in [9.17, 15) is 0 Å². The standard InChI is InChI=1S/C55H39NO/c1-55(2)49-31-15-14-27-44(49)47-35-48-45-30-17-29-43(37-18-6-3-7-19-37)53(45)57-54(48)52(51(47)55)56(40-24-10-5-11-25-40)50-33-32-39(34-46(50)38-20-8-4-9-21-38)42-28-16-23-36-22-12-13-26-41(36)42/h3-35H,1-2H3. The molecule has 57 heavy (non-hydrogen) atoms. The molecule has 1 aromatic heterocycles. The zero-order valence-electron chi connectivity index (χ0n) is 31.9. The van der Waals surface area contributed by atoms with Gasteiger partial charge in [-0.2, -0.15) is 0 Å². The van der Waals surface area contributed by atoms with Crippen molar-refractivity contribution in [1.29, 1.82) is 0 Å². The molecule has 270 valence electrons. The molecule has 11 rings (SSSR count). The lowest BCUT2D eigenvalue weighted by Crippen LogP contribution is -2.21. The third-order valence-corrected chi connectivity index (χ3v) is 12.0. The number of para-hydroxylation sites is 2. The highest BCUT2D eigenvalue weighted by Gasteiger charge is 2.41. The molecule has 0 radical (unpaired) electrons. The Morgan fingerprint density at radius 2 is 1.00 bits per heavy atom. The maximum atomic E-state index is 7.36. The van der Waals surface area contributed by atoms with Crippen LogP contribution in [-0.4, -0.2) is 0 Å². The highest BCUT2D eigenvalue weighted by atomic mass is 16.3. The number of benzene rings is 9. The summed E-state index contributed by atoms with van der Waals surface area (Å²) in [5.74, 6) is 0. The van der Waals surface area contributed by atoms with Crippen LogP contribution in [0.15, 0.2) is 205 Å². The summed E-state index contributed by atoms with van der Waals surface area (Å²) in [6.07, 6.45) is 0. The molecule has 1 aliphatic carbocycles. The van der Waals surface area contributed by atoms with E-state index >= 15 is 0 Å². The SMILES string of the molecule is CC1(C)c2ccccc2-c2cc3c(oc4c(-c5ccccc5)cccc43)c(N(c3ccccc3)c3ccc(-c4cccc5ccccc45)cc3-c3ccccc3)c21. The molecule has 10 aromatic rings. The lowest BCUT2D eigenvalue weighted by Gasteiger charge is -2.33.